The van der Waals surface area contributed by atoms with Gasteiger partial charge in [0.1, 0.15) is 30.2 Å². The van der Waals surface area contributed by atoms with Crippen molar-refractivity contribution >= 4 is 23.3 Å². The van der Waals surface area contributed by atoms with Gasteiger partial charge in [0.2, 0.25) is 11.7 Å². The van der Waals surface area contributed by atoms with Gasteiger partial charge < -0.3 is 9.64 Å². The van der Waals surface area contributed by atoms with E-state index in [0.29, 0.717) is 0 Å². The molecule has 3 aromatic rings. The first-order valence-electron chi connectivity index (χ1n) is 10.8. The lowest BCUT2D eigenvalue weighted by Crippen LogP contribution is -2.22. The lowest BCUT2D eigenvalue weighted by Gasteiger charge is -2.16. The molecular weight excluding hydrogens is 398 g/mol. The average molecular weight is 425 g/mol. The van der Waals surface area contributed by atoms with E-state index in [1.54, 1.807) is 0 Å². The van der Waals surface area contributed by atoms with Crippen LogP contribution in [-0.4, -0.2) is 35.7 Å². The Balaban J connectivity index is 1.36. The number of hydrogen-bond acceptors (Lipinski definition) is 5. The van der Waals surface area contributed by atoms with Gasteiger partial charge in [-0.25, -0.2) is 5.01 Å². The number of rotatable bonds is 5. The summed E-state index contributed by atoms with van der Waals surface area (Å²) in [5.74, 6) is 1.55. The van der Waals surface area contributed by atoms with E-state index in [2.05, 4.69) is 54.0 Å². The van der Waals surface area contributed by atoms with E-state index in [1.165, 1.54) is 11.1 Å². The molecule has 0 spiro atoms. The Morgan fingerprint density at radius 2 is 1.69 bits per heavy atom. The first kappa shape index (κ1) is 20.0. The minimum Gasteiger partial charge on any atom is -0.457 e. The lowest BCUT2D eigenvalue weighted by atomic mass is 9.98. The molecule has 0 saturated carbocycles. The van der Waals surface area contributed by atoms with Crippen LogP contribution < -0.4 is 9.75 Å². The second-order valence-corrected chi connectivity index (χ2v) is 8.11. The van der Waals surface area contributed by atoms with Gasteiger partial charge in [0.05, 0.1) is 17.3 Å². The molecule has 2 aliphatic heterocycles. The van der Waals surface area contributed by atoms with Crippen LogP contribution in [0.3, 0.4) is 0 Å². The van der Waals surface area contributed by atoms with Gasteiger partial charge in [0.25, 0.3) is 0 Å². The highest BCUT2D eigenvalue weighted by Crippen LogP contribution is 2.36. The number of anilines is 1. The van der Waals surface area contributed by atoms with Crippen LogP contribution in [0.5, 0.6) is 11.5 Å². The Hall–Kier alpha value is -3.93. The Bertz CT molecular complexity index is 1230. The fraction of sp³-hybridized carbons (Fsp3) is 0.192. The van der Waals surface area contributed by atoms with E-state index >= 15 is 0 Å². The Kier molecular flexibility index (Phi) is 5.19. The van der Waals surface area contributed by atoms with Gasteiger partial charge in [-0.2, -0.15) is 5.10 Å². The normalized spacial score (nSPS) is 17.8. The van der Waals surface area contributed by atoms with Gasteiger partial charge in [0.15, 0.2) is 0 Å². The zero-order valence-electron chi connectivity index (χ0n) is 18.5. The van der Waals surface area contributed by atoms with Crippen LogP contribution in [0, 0.1) is 0 Å². The van der Waals surface area contributed by atoms with Gasteiger partial charge in [-0.05, 0) is 35.8 Å². The van der Waals surface area contributed by atoms with Crippen LogP contribution in [0.15, 0.2) is 94.8 Å². The molecular formula is C26H26N5O+. The summed E-state index contributed by atoms with van der Waals surface area (Å²) in [5.41, 5.74) is 5.50. The van der Waals surface area contributed by atoms with Crippen molar-refractivity contribution in [3.05, 3.63) is 90.1 Å². The topological polar surface area (TPSA) is 43.4 Å². The van der Waals surface area contributed by atoms with Crippen LogP contribution in [0.4, 0.5) is 11.4 Å². The van der Waals surface area contributed by atoms with Crippen molar-refractivity contribution in [2.45, 2.75) is 19.9 Å². The van der Waals surface area contributed by atoms with Crippen LogP contribution in [0.1, 0.15) is 19.4 Å². The molecule has 0 bridgehead atoms. The van der Waals surface area contributed by atoms with Gasteiger partial charge >= 0.3 is 0 Å². The summed E-state index contributed by atoms with van der Waals surface area (Å²) in [6.45, 7) is 4.99. The zero-order chi connectivity index (χ0) is 22.1. The Morgan fingerprint density at radius 1 is 0.938 bits per heavy atom. The highest BCUT2D eigenvalue weighted by atomic mass is 16.5. The van der Waals surface area contributed by atoms with E-state index in [-0.39, 0.29) is 6.04 Å². The van der Waals surface area contributed by atoms with Gasteiger partial charge in [0, 0.05) is 26.1 Å². The third kappa shape index (κ3) is 3.87. The molecule has 2 aliphatic rings. The van der Waals surface area contributed by atoms with E-state index < -0.39 is 0 Å². The van der Waals surface area contributed by atoms with Crippen LogP contribution >= 0.6 is 0 Å². The summed E-state index contributed by atoms with van der Waals surface area (Å²) in [6, 6.07) is 26.7. The smallest absolute Gasteiger partial charge is 0.236 e. The number of hydrogen-bond donors (Lipinski definition) is 0. The maximum atomic E-state index is 6.21. The van der Waals surface area contributed by atoms with E-state index in [0.717, 1.165) is 35.2 Å². The SMILES string of the molecule is CC1=C(c2ccccc2)C(C)[N+](c2cccc(Oc3cccc(N4CN(C)C=N4)c3)c2)=N1. The summed E-state index contributed by atoms with van der Waals surface area (Å²) in [7, 11) is 2.00. The summed E-state index contributed by atoms with van der Waals surface area (Å²) in [4.78, 5) is 2.03. The highest BCUT2D eigenvalue weighted by Gasteiger charge is 2.34. The van der Waals surface area contributed by atoms with Crippen molar-refractivity contribution in [2.75, 3.05) is 18.7 Å². The molecule has 3 aromatic carbocycles. The molecule has 160 valence electrons. The first-order chi connectivity index (χ1) is 15.6. The maximum Gasteiger partial charge on any atom is 0.236 e. The van der Waals surface area contributed by atoms with Gasteiger partial charge in [-0.1, -0.05) is 47.2 Å². The standard InChI is InChI=1S/C26H26N5O/c1-19-26(21-9-5-4-6-10-21)20(2)31(28-19)23-12-8-14-25(16-23)32-24-13-7-11-22(15-24)30-18-29(3)17-27-30/h4-17,20H,18H2,1-3H3/q+1. The molecule has 1 atom stereocenters. The molecule has 0 N–H and O–H groups in total. The second-order valence-electron chi connectivity index (χ2n) is 8.11. The molecule has 6 heteroatoms. The average Bonchev–Trinajstić information content (AvgIpc) is 3.37. The number of azo groups is 2. The minimum atomic E-state index is 0.140. The molecule has 0 saturated heterocycles. The van der Waals surface area contributed by atoms with Crippen molar-refractivity contribution in [1.82, 2.24) is 4.90 Å². The molecule has 5 rings (SSSR count). The summed E-state index contributed by atoms with van der Waals surface area (Å²) in [6.07, 6.45) is 1.82. The number of benzene rings is 3. The molecule has 6 nitrogen and oxygen atoms in total. The minimum absolute atomic E-state index is 0.140. The Labute approximate surface area is 188 Å². The van der Waals surface area contributed by atoms with Crippen LogP contribution in [0.2, 0.25) is 0 Å². The summed E-state index contributed by atoms with van der Waals surface area (Å²) < 4.78 is 8.27. The molecule has 0 fully saturated rings. The first-order valence-corrected chi connectivity index (χ1v) is 10.8. The van der Waals surface area contributed by atoms with E-state index in [1.807, 2.05) is 71.8 Å². The van der Waals surface area contributed by atoms with Crippen LogP contribution in [-0.2, 0) is 0 Å². The quantitative estimate of drug-likeness (QED) is 0.468. The van der Waals surface area contributed by atoms with Crippen molar-refractivity contribution in [3.8, 4) is 11.5 Å². The molecule has 0 amide bonds. The monoisotopic (exact) mass is 424 g/mol. The maximum absolute atomic E-state index is 6.21. The summed E-state index contributed by atoms with van der Waals surface area (Å²) >= 11 is 0. The Morgan fingerprint density at radius 3 is 2.44 bits per heavy atom. The third-order valence-corrected chi connectivity index (χ3v) is 5.70. The van der Waals surface area contributed by atoms with Gasteiger partial charge in [-0.3, -0.25) is 0 Å². The molecule has 0 radical (unpaired) electrons. The molecule has 2 heterocycles. The van der Waals surface area contributed by atoms with E-state index in [9.17, 15) is 0 Å². The molecule has 0 aromatic heterocycles. The van der Waals surface area contributed by atoms with Crippen molar-refractivity contribution in [2.24, 2.45) is 10.2 Å². The van der Waals surface area contributed by atoms with Crippen molar-refractivity contribution in [3.63, 3.8) is 0 Å². The third-order valence-electron chi connectivity index (χ3n) is 5.70. The molecule has 1 unspecified atom stereocenters. The predicted molar refractivity (Wildman–Crippen MR) is 127 cm³/mol. The fourth-order valence-corrected chi connectivity index (χ4v) is 4.19. The highest BCUT2D eigenvalue weighted by molar-refractivity contribution is 5.72. The van der Waals surface area contributed by atoms with Gasteiger partial charge in [-0.15, -0.1) is 0 Å². The molecule has 0 aliphatic carbocycles. The number of nitrogens with zero attached hydrogens (tertiary/aromatic N) is 5. The lowest BCUT2D eigenvalue weighted by molar-refractivity contribution is -0.524. The number of ether oxygens (including phenoxy) is 1. The number of allylic oxidation sites excluding steroid dienone is 1. The second kappa shape index (κ2) is 8.30. The predicted octanol–water partition coefficient (Wildman–Crippen LogP) is 6.06. The number of hydrazone groups is 1. The molecule has 32 heavy (non-hydrogen) atoms. The zero-order valence-corrected chi connectivity index (χ0v) is 18.5. The van der Waals surface area contributed by atoms with E-state index in [4.69, 9.17) is 9.85 Å². The van der Waals surface area contributed by atoms with Crippen molar-refractivity contribution < 1.29 is 9.43 Å². The van der Waals surface area contributed by atoms with Crippen LogP contribution in [0.25, 0.3) is 5.57 Å². The fourth-order valence-electron chi connectivity index (χ4n) is 4.19. The summed E-state index contributed by atoms with van der Waals surface area (Å²) in [5, 5.41) is 11.2. The largest absolute Gasteiger partial charge is 0.457 e. The van der Waals surface area contributed by atoms with Crippen molar-refractivity contribution in [1.29, 1.82) is 0 Å².